The molecular formula is C12H13F4NO. The number of carbonyl (C=O) groups excluding carboxylic acids is 1. The Morgan fingerprint density at radius 3 is 2.06 bits per heavy atom. The molecule has 0 aliphatic heterocycles. The van der Waals surface area contributed by atoms with Gasteiger partial charge in [-0.05, 0) is 17.7 Å². The van der Waals surface area contributed by atoms with Crippen LogP contribution in [0.2, 0.25) is 0 Å². The molecule has 1 aromatic carbocycles. The van der Waals surface area contributed by atoms with Gasteiger partial charge in [-0.2, -0.15) is 13.2 Å². The predicted molar refractivity (Wildman–Crippen MR) is 58.2 cm³/mol. The van der Waals surface area contributed by atoms with Gasteiger partial charge in [0.15, 0.2) is 6.04 Å². The lowest BCUT2D eigenvalue weighted by molar-refractivity contribution is -0.164. The van der Waals surface area contributed by atoms with E-state index in [0.29, 0.717) is 0 Å². The van der Waals surface area contributed by atoms with Crippen molar-refractivity contribution in [2.75, 3.05) is 0 Å². The fourth-order valence-electron chi connectivity index (χ4n) is 1.32. The molecule has 18 heavy (non-hydrogen) atoms. The van der Waals surface area contributed by atoms with Crippen molar-refractivity contribution in [2.45, 2.75) is 26.1 Å². The number of alkyl halides is 3. The number of nitrogens with one attached hydrogen (secondary N) is 1. The van der Waals surface area contributed by atoms with Gasteiger partial charge >= 0.3 is 6.18 Å². The molecular weight excluding hydrogens is 250 g/mol. The van der Waals surface area contributed by atoms with Crippen LogP contribution in [0.3, 0.4) is 0 Å². The van der Waals surface area contributed by atoms with Gasteiger partial charge in [-0.1, -0.05) is 26.0 Å². The van der Waals surface area contributed by atoms with Crippen LogP contribution in [-0.2, 0) is 4.79 Å². The number of hydrogen-bond donors (Lipinski definition) is 1. The van der Waals surface area contributed by atoms with E-state index in [4.69, 9.17) is 0 Å². The zero-order valence-corrected chi connectivity index (χ0v) is 9.88. The predicted octanol–water partition coefficient (Wildman–Crippen LogP) is 3.20. The second-order valence-corrected chi connectivity index (χ2v) is 4.19. The number of halogens is 4. The van der Waals surface area contributed by atoms with E-state index in [-0.39, 0.29) is 5.56 Å². The summed E-state index contributed by atoms with van der Waals surface area (Å²) in [5.74, 6) is -1.90. The molecule has 0 heterocycles. The minimum absolute atomic E-state index is 0.196. The molecule has 0 saturated carbocycles. The molecule has 6 heteroatoms. The average molecular weight is 263 g/mol. The van der Waals surface area contributed by atoms with Crippen LogP contribution in [0.25, 0.3) is 0 Å². The van der Waals surface area contributed by atoms with Gasteiger partial charge in [0.25, 0.3) is 0 Å². The first-order valence-electron chi connectivity index (χ1n) is 5.34. The SMILES string of the molecule is CC(C)C(=O)N[C@H](c1ccc(F)cc1)C(F)(F)F. The normalized spacial score (nSPS) is 13.5. The van der Waals surface area contributed by atoms with Crippen molar-refractivity contribution in [3.63, 3.8) is 0 Å². The fraction of sp³-hybridized carbons (Fsp3) is 0.417. The van der Waals surface area contributed by atoms with Crippen LogP contribution in [0.4, 0.5) is 17.6 Å². The smallest absolute Gasteiger partial charge is 0.341 e. The lowest BCUT2D eigenvalue weighted by atomic mass is 10.1. The highest BCUT2D eigenvalue weighted by molar-refractivity contribution is 5.78. The van der Waals surface area contributed by atoms with E-state index in [1.807, 2.05) is 5.32 Å². The minimum Gasteiger partial charge on any atom is -0.341 e. The zero-order valence-electron chi connectivity index (χ0n) is 9.88. The van der Waals surface area contributed by atoms with E-state index in [1.165, 1.54) is 13.8 Å². The van der Waals surface area contributed by atoms with Gasteiger partial charge in [0.2, 0.25) is 5.91 Å². The molecule has 0 unspecified atom stereocenters. The Kier molecular flexibility index (Phi) is 4.32. The van der Waals surface area contributed by atoms with Gasteiger partial charge in [0.1, 0.15) is 5.82 Å². The summed E-state index contributed by atoms with van der Waals surface area (Å²) in [5.41, 5.74) is -0.196. The van der Waals surface area contributed by atoms with E-state index in [0.717, 1.165) is 24.3 Å². The zero-order chi connectivity index (χ0) is 13.9. The van der Waals surface area contributed by atoms with Crippen LogP contribution in [0, 0.1) is 11.7 Å². The molecule has 0 radical (unpaired) electrons. The summed E-state index contributed by atoms with van der Waals surface area (Å²) in [6.45, 7) is 2.99. The Bertz CT molecular complexity index is 411. The number of hydrogen-bond acceptors (Lipinski definition) is 1. The van der Waals surface area contributed by atoms with Crippen molar-refractivity contribution < 1.29 is 22.4 Å². The summed E-state index contributed by atoms with van der Waals surface area (Å²) >= 11 is 0. The van der Waals surface area contributed by atoms with Gasteiger partial charge in [0.05, 0.1) is 0 Å². The highest BCUT2D eigenvalue weighted by Gasteiger charge is 2.42. The first-order valence-corrected chi connectivity index (χ1v) is 5.34. The van der Waals surface area contributed by atoms with Crippen molar-refractivity contribution in [3.8, 4) is 0 Å². The van der Waals surface area contributed by atoms with Crippen molar-refractivity contribution in [3.05, 3.63) is 35.6 Å². The average Bonchev–Trinajstić information content (AvgIpc) is 2.25. The van der Waals surface area contributed by atoms with Crippen LogP contribution < -0.4 is 5.32 Å². The molecule has 0 aliphatic carbocycles. The third-order valence-electron chi connectivity index (χ3n) is 2.34. The van der Waals surface area contributed by atoms with E-state index in [2.05, 4.69) is 0 Å². The quantitative estimate of drug-likeness (QED) is 0.834. The Hall–Kier alpha value is -1.59. The summed E-state index contributed by atoms with van der Waals surface area (Å²) in [5, 5.41) is 1.91. The molecule has 1 amide bonds. The Labute approximate surface area is 102 Å². The molecule has 0 spiro atoms. The highest BCUT2D eigenvalue weighted by atomic mass is 19.4. The topological polar surface area (TPSA) is 29.1 Å². The van der Waals surface area contributed by atoms with E-state index < -0.39 is 29.9 Å². The summed E-state index contributed by atoms with van der Waals surface area (Å²) in [6, 6.07) is 1.75. The largest absolute Gasteiger partial charge is 0.412 e. The van der Waals surface area contributed by atoms with Crippen molar-refractivity contribution in [1.29, 1.82) is 0 Å². The summed E-state index contributed by atoms with van der Waals surface area (Å²) in [6.07, 6.45) is -4.62. The maximum atomic E-state index is 12.8. The number of carbonyl (C=O) groups is 1. The summed E-state index contributed by atoms with van der Waals surface area (Å²) in [7, 11) is 0. The Balaban J connectivity index is 2.99. The molecule has 0 aliphatic rings. The monoisotopic (exact) mass is 263 g/mol. The number of amides is 1. The van der Waals surface area contributed by atoms with Gasteiger partial charge < -0.3 is 5.32 Å². The molecule has 100 valence electrons. The Morgan fingerprint density at radius 2 is 1.67 bits per heavy atom. The van der Waals surface area contributed by atoms with Gasteiger partial charge in [-0.3, -0.25) is 4.79 Å². The molecule has 2 nitrogen and oxygen atoms in total. The summed E-state index contributed by atoms with van der Waals surface area (Å²) in [4.78, 5) is 11.4. The fourth-order valence-corrected chi connectivity index (χ4v) is 1.32. The first-order chi connectivity index (χ1) is 8.21. The standard InChI is InChI=1S/C12H13F4NO/c1-7(2)11(18)17-10(12(14,15)16)8-3-5-9(13)6-4-8/h3-7,10H,1-2H3,(H,17,18)/t10-/m1/s1. The second-order valence-electron chi connectivity index (χ2n) is 4.19. The molecule has 1 atom stereocenters. The molecule has 1 N–H and O–H groups in total. The maximum Gasteiger partial charge on any atom is 0.412 e. The molecule has 1 rings (SSSR count). The molecule has 0 fully saturated rings. The molecule has 0 saturated heterocycles. The van der Waals surface area contributed by atoms with Gasteiger partial charge in [-0.25, -0.2) is 4.39 Å². The van der Waals surface area contributed by atoms with Crippen molar-refractivity contribution in [1.82, 2.24) is 5.32 Å². The molecule has 0 aromatic heterocycles. The molecule has 1 aromatic rings. The second kappa shape index (κ2) is 5.37. The summed E-state index contributed by atoms with van der Waals surface area (Å²) < 4.78 is 51.1. The maximum absolute atomic E-state index is 12.8. The van der Waals surface area contributed by atoms with Crippen molar-refractivity contribution >= 4 is 5.91 Å². The lowest BCUT2D eigenvalue weighted by Crippen LogP contribution is -2.40. The minimum atomic E-state index is -4.62. The van der Waals surface area contributed by atoms with E-state index in [1.54, 1.807) is 0 Å². The number of benzene rings is 1. The third kappa shape index (κ3) is 3.72. The van der Waals surface area contributed by atoms with Gasteiger partial charge in [-0.15, -0.1) is 0 Å². The van der Waals surface area contributed by atoms with Crippen molar-refractivity contribution in [2.24, 2.45) is 5.92 Å². The lowest BCUT2D eigenvalue weighted by Gasteiger charge is -2.23. The molecule has 0 bridgehead atoms. The van der Waals surface area contributed by atoms with Crippen LogP contribution in [0.5, 0.6) is 0 Å². The highest BCUT2D eigenvalue weighted by Crippen LogP contribution is 2.32. The first kappa shape index (κ1) is 14.5. The van der Waals surface area contributed by atoms with Crippen LogP contribution in [0.15, 0.2) is 24.3 Å². The Morgan fingerprint density at radius 1 is 1.17 bits per heavy atom. The van der Waals surface area contributed by atoms with Gasteiger partial charge in [0, 0.05) is 5.92 Å². The van der Waals surface area contributed by atoms with Crippen LogP contribution >= 0.6 is 0 Å². The van der Waals surface area contributed by atoms with E-state index in [9.17, 15) is 22.4 Å². The number of rotatable bonds is 3. The third-order valence-corrected chi connectivity index (χ3v) is 2.34. The van der Waals surface area contributed by atoms with Crippen LogP contribution in [0.1, 0.15) is 25.5 Å². The van der Waals surface area contributed by atoms with E-state index >= 15 is 0 Å². The van der Waals surface area contributed by atoms with Crippen LogP contribution in [-0.4, -0.2) is 12.1 Å².